The highest BCUT2D eigenvalue weighted by Crippen LogP contribution is 2.26. The number of thiophene rings is 1. The monoisotopic (exact) mass is 453 g/mol. The third-order valence-corrected chi connectivity index (χ3v) is 8.81. The number of carbonyl (C=O) groups is 2. The van der Waals surface area contributed by atoms with Crippen LogP contribution in [0.3, 0.4) is 0 Å². The minimum atomic E-state index is -3.58. The summed E-state index contributed by atoms with van der Waals surface area (Å²) in [5.74, 6) is -1.01. The number of hydrazine groups is 1. The number of piperidine rings is 1. The summed E-state index contributed by atoms with van der Waals surface area (Å²) in [6.45, 7) is 2.50. The maximum absolute atomic E-state index is 12.7. The fourth-order valence-electron chi connectivity index (χ4n) is 2.97. The van der Waals surface area contributed by atoms with Crippen LogP contribution in [0.25, 0.3) is 0 Å². The normalized spacial score (nSPS) is 17.6. The predicted molar refractivity (Wildman–Crippen MR) is 114 cm³/mol. The van der Waals surface area contributed by atoms with E-state index in [1.165, 1.54) is 16.1 Å². The molecule has 0 aliphatic carbocycles. The number of amides is 2. The molecule has 3 rings (SSSR count). The highest BCUT2D eigenvalue weighted by molar-refractivity contribution is 8.00. The minimum absolute atomic E-state index is 0.111. The molecule has 1 aromatic heterocycles. The zero-order valence-corrected chi connectivity index (χ0v) is 18.4. The van der Waals surface area contributed by atoms with Crippen LogP contribution in [-0.2, 0) is 19.6 Å². The van der Waals surface area contributed by atoms with Crippen molar-refractivity contribution >= 4 is 44.9 Å². The van der Waals surface area contributed by atoms with Crippen LogP contribution >= 0.6 is 23.1 Å². The van der Waals surface area contributed by atoms with Gasteiger partial charge in [-0.25, -0.2) is 8.42 Å². The number of nitrogens with zero attached hydrogens (tertiary/aromatic N) is 1. The molecule has 1 aromatic carbocycles. The van der Waals surface area contributed by atoms with E-state index in [4.69, 9.17) is 0 Å². The van der Waals surface area contributed by atoms with Crippen LogP contribution in [0, 0.1) is 12.8 Å². The van der Waals surface area contributed by atoms with Crippen molar-refractivity contribution in [3.05, 3.63) is 47.3 Å². The van der Waals surface area contributed by atoms with Crippen molar-refractivity contribution < 1.29 is 18.0 Å². The van der Waals surface area contributed by atoms with Gasteiger partial charge in [-0.05, 0) is 43.3 Å². The molecule has 0 bridgehead atoms. The van der Waals surface area contributed by atoms with Gasteiger partial charge in [0.05, 0.1) is 11.7 Å². The minimum Gasteiger partial charge on any atom is -0.273 e. The number of hydrogen-bond acceptors (Lipinski definition) is 6. The van der Waals surface area contributed by atoms with Gasteiger partial charge in [0.15, 0.2) is 0 Å². The molecular weight excluding hydrogens is 430 g/mol. The summed E-state index contributed by atoms with van der Waals surface area (Å²) in [6, 6.07) is 11.1. The standard InChI is InChI=1S/C19H23N3O4S3/c1-14-6-8-16(9-7-14)28-13-17(23)20-21-19(24)15-4-2-10-22(12-15)29(25,26)18-5-3-11-27-18/h3,5-9,11,15H,2,4,10,12-13H2,1H3,(H,20,23)(H,21,24). The lowest BCUT2D eigenvalue weighted by molar-refractivity contribution is -0.131. The van der Waals surface area contributed by atoms with E-state index in [0.29, 0.717) is 19.4 Å². The number of thioether (sulfide) groups is 1. The second-order valence-electron chi connectivity index (χ2n) is 6.77. The van der Waals surface area contributed by atoms with Crippen LogP contribution in [-0.4, -0.2) is 43.4 Å². The number of benzene rings is 1. The Labute approximate surface area is 178 Å². The van der Waals surface area contributed by atoms with Crippen LogP contribution in [0.1, 0.15) is 18.4 Å². The molecule has 0 spiro atoms. The summed E-state index contributed by atoms with van der Waals surface area (Å²) in [6.07, 6.45) is 1.18. The molecule has 1 saturated heterocycles. The van der Waals surface area contributed by atoms with Crippen molar-refractivity contribution in [3.8, 4) is 0 Å². The van der Waals surface area contributed by atoms with Crippen molar-refractivity contribution in [2.24, 2.45) is 5.92 Å². The van der Waals surface area contributed by atoms with E-state index in [9.17, 15) is 18.0 Å². The molecule has 0 radical (unpaired) electrons. The first-order chi connectivity index (χ1) is 13.9. The first kappa shape index (κ1) is 21.8. The maximum atomic E-state index is 12.7. The molecule has 2 heterocycles. The van der Waals surface area contributed by atoms with Crippen LogP contribution in [0.15, 0.2) is 50.9 Å². The molecule has 1 aliphatic heterocycles. The number of nitrogens with one attached hydrogen (secondary N) is 2. The summed E-state index contributed by atoms with van der Waals surface area (Å²) < 4.78 is 26.9. The van der Waals surface area contributed by atoms with E-state index in [1.54, 1.807) is 17.5 Å². The fourth-order valence-corrected chi connectivity index (χ4v) is 6.33. The molecule has 10 heteroatoms. The molecule has 2 amide bonds. The Hall–Kier alpha value is -1.88. The van der Waals surface area contributed by atoms with E-state index >= 15 is 0 Å². The van der Waals surface area contributed by atoms with Gasteiger partial charge in [0.1, 0.15) is 4.21 Å². The average molecular weight is 454 g/mol. The Bertz CT molecular complexity index is 944. The Morgan fingerprint density at radius 3 is 2.66 bits per heavy atom. The van der Waals surface area contributed by atoms with E-state index in [1.807, 2.05) is 31.2 Å². The van der Waals surface area contributed by atoms with Crippen molar-refractivity contribution in [1.82, 2.24) is 15.2 Å². The molecular formula is C19H23N3O4S3. The van der Waals surface area contributed by atoms with Gasteiger partial charge in [-0.2, -0.15) is 4.31 Å². The lowest BCUT2D eigenvalue weighted by atomic mass is 9.99. The van der Waals surface area contributed by atoms with Crippen molar-refractivity contribution in [3.63, 3.8) is 0 Å². The van der Waals surface area contributed by atoms with Gasteiger partial charge in [-0.1, -0.05) is 23.8 Å². The molecule has 2 aromatic rings. The van der Waals surface area contributed by atoms with Crippen molar-refractivity contribution in [1.29, 1.82) is 0 Å². The second-order valence-corrected chi connectivity index (χ2v) is 10.9. The van der Waals surface area contributed by atoms with Gasteiger partial charge in [0.2, 0.25) is 11.8 Å². The molecule has 1 fully saturated rings. The molecule has 1 unspecified atom stereocenters. The Morgan fingerprint density at radius 1 is 1.21 bits per heavy atom. The van der Waals surface area contributed by atoms with Gasteiger partial charge >= 0.3 is 0 Å². The zero-order chi connectivity index (χ0) is 20.9. The highest BCUT2D eigenvalue weighted by Gasteiger charge is 2.33. The van der Waals surface area contributed by atoms with Gasteiger partial charge < -0.3 is 0 Å². The molecule has 7 nitrogen and oxygen atoms in total. The third-order valence-electron chi connectivity index (χ3n) is 4.56. The van der Waals surface area contributed by atoms with E-state index in [2.05, 4.69) is 10.9 Å². The smallest absolute Gasteiger partial charge is 0.252 e. The van der Waals surface area contributed by atoms with E-state index < -0.39 is 15.9 Å². The third kappa shape index (κ3) is 5.81. The topological polar surface area (TPSA) is 95.6 Å². The Morgan fingerprint density at radius 2 is 1.97 bits per heavy atom. The largest absolute Gasteiger partial charge is 0.273 e. The summed E-state index contributed by atoms with van der Waals surface area (Å²) >= 11 is 2.54. The first-order valence-corrected chi connectivity index (χ1v) is 12.5. The number of sulfonamides is 1. The number of hydrogen-bond donors (Lipinski definition) is 2. The highest BCUT2D eigenvalue weighted by atomic mass is 32.2. The average Bonchev–Trinajstić information content (AvgIpc) is 3.27. The molecule has 2 N–H and O–H groups in total. The lowest BCUT2D eigenvalue weighted by Gasteiger charge is -2.30. The van der Waals surface area contributed by atoms with E-state index in [0.717, 1.165) is 21.8 Å². The molecule has 29 heavy (non-hydrogen) atoms. The zero-order valence-electron chi connectivity index (χ0n) is 16.0. The summed E-state index contributed by atoms with van der Waals surface area (Å²) in [7, 11) is -3.58. The summed E-state index contributed by atoms with van der Waals surface area (Å²) in [5.41, 5.74) is 6.00. The van der Waals surface area contributed by atoms with Gasteiger partial charge in [-0.3, -0.25) is 20.4 Å². The molecule has 1 atom stereocenters. The van der Waals surface area contributed by atoms with Crippen molar-refractivity contribution in [2.75, 3.05) is 18.8 Å². The fraction of sp³-hybridized carbons (Fsp3) is 0.368. The number of carbonyl (C=O) groups excluding carboxylic acids is 2. The van der Waals surface area contributed by atoms with E-state index in [-0.39, 0.29) is 28.3 Å². The first-order valence-electron chi connectivity index (χ1n) is 9.18. The molecule has 1 aliphatic rings. The quantitative estimate of drug-likeness (QED) is 0.517. The number of rotatable bonds is 6. The van der Waals surface area contributed by atoms with Gasteiger partial charge in [0, 0.05) is 18.0 Å². The number of aryl methyl sites for hydroxylation is 1. The van der Waals surface area contributed by atoms with Gasteiger partial charge in [-0.15, -0.1) is 23.1 Å². The van der Waals surface area contributed by atoms with Crippen LogP contribution < -0.4 is 10.9 Å². The molecule has 156 valence electrons. The van der Waals surface area contributed by atoms with Crippen LogP contribution in [0.2, 0.25) is 0 Å². The van der Waals surface area contributed by atoms with Crippen LogP contribution in [0.5, 0.6) is 0 Å². The van der Waals surface area contributed by atoms with Crippen molar-refractivity contribution in [2.45, 2.75) is 28.9 Å². The summed E-state index contributed by atoms with van der Waals surface area (Å²) in [5, 5.41) is 1.71. The van der Waals surface area contributed by atoms with Crippen LogP contribution in [0.4, 0.5) is 0 Å². The second kappa shape index (κ2) is 9.75. The molecule has 0 saturated carbocycles. The summed E-state index contributed by atoms with van der Waals surface area (Å²) in [4.78, 5) is 25.4. The Balaban J connectivity index is 1.47. The Kier molecular flexibility index (Phi) is 7.33. The predicted octanol–water partition coefficient (Wildman–Crippen LogP) is 2.40. The lowest BCUT2D eigenvalue weighted by Crippen LogP contribution is -2.50. The van der Waals surface area contributed by atoms with Gasteiger partial charge in [0.25, 0.3) is 10.0 Å². The SMILES string of the molecule is Cc1ccc(SCC(=O)NNC(=O)C2CCCN(S(=O)(=O)c3cccs3)C2)cc1. The maximum Gasteiger partial charge on any atom is 0.252 e.